The Kier molecular flexibility index (Phi) is 5.21. The predicted octanol–water partition coefficient (Wildman–Crippen LogP) is -2.16. The normalized spacial score (nSPS) is 9.27. The summed E-state index contributed by atoms with van der Waals surface area (Å²) >= 11 is 0. The number of hydrogen-bond donors (Lipinski definition) is 2. The third-order valence-corrected chi connectivity index (χ3v) is 0.630. The van der Waals surface area contributed by atoms with Crippen LogP contribution >= 0.6 is 0 Å². The zero-order valence-electron chi connectivity index (χ0n) is 5.61. The summed E-state index contributed by atoms with van der Waals surface area (Å²) in [6, 6.07) is 0. The van der Waals surface area contributed by atoms with Crippen LogP contribution in [0.15, 0.2) is 0 Å². The first-order chi connectivity index (χ1) is 5.20. The fourth-order valence-corrected chi connectivity index (χ4v) is 0.322. The summed E-state index contributed by atoms with van der Waals surface area (Å²) in [5.41, 5.74) is 0. The summed E-state index contributed by atoms with van der Waals surface area (Å²) in [6.07, 6.45) is 0. The molecule has 4 N–H and O–H groups in total. The minimum absolute atomic E-state index is 0.490. The van der Waals surface area contributed by atoms with E-state index < -0.39 is 25.2 Å². The summed E-state index contributed by atoms with van der Waals surface area (Å²) in [7, 11) is 0. The van der Waals surface area contributed by atoms with Crippen molar-refractivity contribution in [3.8, 4) is 0 Å². The van der Waals surface area contributed by atoms with Gasteiger partial charge in [0.1, 0.15) is 0 Å². The van der Waals surface area contributed by atoms with Crippen molar-refractivity contribution < 1.29 is 24.0 Å². The number of nitrogens with two attached hydrogens (primary N) is 2. The molecule has 0 unspecified atom stereocenters. The van der Waals surface area contributed by atoms with E-state index in [0.29, 0.717) is 0 Å². The largest absolute Gasteiger partial charge is 0.390 e. The van der Waals surface area contributed by atoms with Gasteiger partial charge in [-0.2, -0.15) is 0 Å². The van der Waals surface area contributed by atoms with Crippen LogP contribution in [0.5, 0.6) is 0 Å². The number of carbonyl (C=O) groups is 2. The Hall–Kier alpha value is -1.02. The van der Waals surface area contributed by atoms with Gasteiger partial charge in [-0.25, -0.2) is 21.4 Å². The molecule has 0 saturated heterocycles. The summed E-state index contributed by atoms with van der Waals surface area (Å²) < 4.78 is 4.04. The lowest BCUT2D eigenvalue weighted by Crippen LogP contribution is -2.23. The Balaban J connectivity index is 3.49. The third kappa shape index (κ3) is 5.43. The molecule has 0 fully saturated rings. The van der Waals surface area contributed by atoms with Crippen LogP contribution in [0.25, 0.3) is 0 Å². The summed E-state index contributed by atoms with van der Waals surface area (Å²) in [5.74, 6) is 7.23. The van der Waals surface area contributed by atoms with Crippen molar-refractivity contribution in [1.82, 2.24) is 0 Å². The summed E-state index contributed by atoms with van der Waals surface area (Å²) in [5, 5.41) is 0. The van der Waals surface area contributed by atoms with E-state index in [1.807, 2.05) is 0 Å². The monoisotopic (exact) mass is 164 g/mol. The van der Waals surface area contributed by atoms with Crippen LogP contribution < -0.4 is 11.8 Å². The fourth-order valence-electron chi connectivity index (χ4n) is 0.322. The van der Waals surface area contributed by atoms with Crippen molar-refractivity contribution in [3.63, 3.8) is 0 Å². The predicted molar refractivity (Wildman–Crippen MR) is 31.4 cm³/mol. The third-order valence-electron chi connectivity index (χ3n) is 0.630. The first-order valence-electron chi connectivity index (χ1n) is 2.57. The van der Waals surface area contributed by atoms with Gasteiger partial charge in [-0.05, 0) is 0 Å². The average molecular weight is 164 g/mol. The lowest BCUT2D eigenvalue weighted by molar-refractivity contribution is -0.165. The molecule has 0 spiro atoms. The minimum atomic E-state index is -0.894. The summed E-state index contributed by atoms with van der Waals surface area (Å²) in [4.78, 5) is 28.5. The minimum Gasteiger partial charge on any atom is -0.390 e. The molecule has 0 amide bonds. The van der Waals surface area contributed by atoms with Gasteiger partial charge in [0.25, 0.3) is 0 Å². The number of ether oxygens (including phenoxy) is 1. The molecule has 0 aromatic rings. The molecule has 0 aliphatic carbocycles. The van der Waals surface area contributed by atoms with Crippen molar-refractivity contribution in [1.29, 1.82) is 0 Å². The standard InChI is InChI=1S/C4H8N2O5/c5-9-1-3(7)11-4(8)2-10-6/h1-2,5-6H2. The molecule has 0 rings (SSSR count). The second kappa shape index (κ2) is 5.74. The van der Waals surface area contributed by atoms with Crippen molar-refractivity contribution in [2.45, 2.75) is 0 Å². The second-order valence-electron chi connectivity index (χ2n) is 1.47. The first-order valence-corrected chi connectivity index (χ1v) is 2.57. The molecule has 7 heteroatoms. The second-order valence-corrected chi connectivity index (χ2v) is 1.47. The van der Waals surface area contributed by atoms with Gasteiger partial charge in [0.2, 0.25) is 0 Å². The quantitative estimate of drug-likeness (QED) is 0.276. The molecule has 64 valence electrons. The van der Waals surface area contributed by atoms with Crippen LogP contribution in [0.4, 0.5) is 0 Å². The van der Waals surface area contributed by atoms with Crippen molar-refractivity contribution in [2.75, 3.05) is 13.2 Å². The van der Waals surface area contributed by atoms with E-state index in [1.54, 1.807) is 0 Å². The van der Waals surface area contributed by atoms with Gasteiger partial charge in [0.05, 0.1) is 0 Å². The Morgan fingerprint density at radius 1 is 1.00 bits per heavy atom. The zero-order valence-corrected chi connectivity index (χ0v) is 5.61. The van der Waals surface area contributed by atoms with Crippen LogP contribution in [-0.4, -0.2) is 25.2 Å². The highest BCUT2D eigenvalue weighted by Gasteiger charge is 2.09. The van der Waals surface area contributed by atoms with Crippen LogP contribution in [0.2, 0.25) is 0 Å². The van der Waals surface area contributed by atoms with E-state index in [0.717, 1.165) is 0 Å². The zero-order chi connectivity index (χ0) is 8.69. The van der Waals surface area contributed by atoms with Gasteiger partial charge in [0, 0.05) is 0 Å². The average Bonchev–Trinajstić information content (AvgIpc) is 1.87. The highest BCUT2D eigenvalue weighted by molar-refractivity contribution is 5.86. The molecule has 0 saturated carbocycles. The molecule has 0 radical (unpaired) electrons. The molecular weight excluding hydrogens is 156 g/mol. The molecule has 0 aliphatic rings. The van der Waals surface area contributed by atoms with Gasteiger partial charge < -0.3 is 4.74 Å². The number of carbonyl (C=O) groups excluding carboxylic acids is 2. The highest BCUT2D eigenvalue weighted by Crippen LogP contribution is 1.80. The van der Waals surface area contributed by atoms with Crippen molar-refractivity contribution in [2.24, 2.45) is 11.8 Å². The molecule has 0 atom stereocenters. The number of hydrogen-bond acceptors (Lipinski definition) is 7. The van der Waals surface area contributed by atoms with Gasteiger partial charge in [-0.1, -0.05) is 0 Å². The number of rotatable bonds is 4. The first kappa shape index (κ1) is 9.98. The summed E-state index contributed by atoms with van der Waals surface area (Å²) in [6.45, 7) is -0.980. The Morgan fingerprint density at radius 2 is 1.36 bits per heavy atom. The van der Waals surface area contributed by atoms with Gasteiger partial charge in [-0.3, -0.25) is 9.68 Å². The topological polar surface area (TPSA) is 114 Å². The molecule has 0 aromatic heterocycles. The van der Waals surface area contributed by atoms with Gasteiger partial charge in [0.15, 0.2) is 13.2 Å². The lowest BCUT2D eigenvalue weighted by Gasteiger charge is -1.99. The fraction of sp³-hybridized carbons (Fsp3) is 0.500. The Bertz CT molecular complexity index is 131. The highest BCUT2D eigenvalue weighted by atomic mass is 16.7. The van der Waals surface area contributed by atoms with E-state index >= 15 is 0 Å². The van der Waals surface area contributed by atoms with Crippen molar-refractivity contribution in [3.05, 3.63) is 0 Å². The number of esters is 2. The Morgan fingerprint density at radius 3 is 1.64 bits per heavy atom. The molecule has 0 heterocycles. The maximum Gasteiger partial charge on any atom is 0.341 e. The van der Waals surface area contributed by atoms with Gasteiger partial charge in [-0.15, -0.1) is 0 Å². The van der Waals surface area contributed by atoms with Gasteiger partial charge >= 0.3 is 11.9 Å². The maximum absolute atomic E-state index is 10.4. The molecule has 11 heavy (non-hydrogen) atoms. The van der Waals surface area contributed by atoms with Crippen LogP contribution in [-0.2, 0) is 24.0 Å². The molecule has 0 aliphatic heterocycles. The van der Waals surface area contributed by atoms with E-state index in [4.69, 9.17) is 0 Å². The van der Waals surface area contributed by atoms with E-state index in [9.17, 15) is 9.59 Å². The molecular formula is C4H8N2O5. The van der Waals surface area contributed by atoms with Crippen LogP contribution in [0.3, 0.4) is 0 Å². The Labute approximate surface area is 62.1 Å². The lowest BCUT2D eigenvalue weighted by atomic mass is 10.7. The van der Waals surface area contributed by atoms with Crippen LogP contribution in [0, 0.1) is 0 Å². The smallest absolute Gasteiger partial charge is 0.341 e. The molecule has 7 nitrogen and oxygen atoms in total. The van der Waals surface area contributed by atoms with Crippen LogP contribution in [0.1, 0.15) is 0 Å². The van der Waals surface area contributed by atoms with E-state index in [-0.39, 0.29) is 0 Å². The van der Waals surface area contributed by atoms with E-state index in [2.05, 4.69) is 26.2 Å². The maximum atomic E-state index is 10.4. The SMILES string of the molecule is NOCC(=O)OC(=O)CON. The molecule has 0 bridgehead atoms. The van der Waals surface area contributed by atoms with E-state index in [1.165, 1.54) is 0 Å². The molecule has 0 aromatic carbocycles. The van der Waals surface area contributed by atoms with Crippen molar-refractivity contribution >= 4 is 11.9 Å².